The van der Waals surface area contributed by atoms with E-state index < -0.39 is 0 Å². The summed E-state index contributed by atoms with van der Waals surface area (Å²) in [6, 6.07) is 18.5. The lowest BCUT2D eigenvalue weighted by molar-refractivity contribution is -0.323. The standard InChI is InChI=1S/C23H18N4O2S/c1-2-29-15-10-8-13(9-11-15)17-16(12-24)22(26)27-23-18(17)19(25)21(30-23)20(28)14-6-4-3-5-7-14/h3-11H,2,25H2,1H3,(H2,26,27)/p+1. The number of H-pyrrole nitrogens is 1. The molecule has 0 bridgehead atoms. The third kappa shape index (κ3) is 3.23. The molecular weight excluding hydrogens is 396 g/mol. The molecular formula is C23H19N4O2S+. The number of carbonyl (C=O) groups is 1. The molecule has 148 valence electrons. The Hall–Kier alpha value is -3.89. The Morgan fingerprint density at radius 3 is 2.47 bits per heavy atom. The van der Waals surface area contributed by atoms with Gasteiger partial charge >= 0.3 is 0 Å². The molecule has 30 heavy (non-hydrogen) atoms. The van der Waals surface area contributed by atoms with Gasteiger partial charge in [-0.2, -0.15) is 5.26 Å². The van der Waals surface area contributed by atoms with Crippen molar-refractivity contribution in [2.24, 2.45) is 0 Å². The number of aromatic nitrogens is 1. The van der Waals surface area contributed by atoms with E-state index in [2.05, 4.69) is 11.1 Å². The van der Waals surface area contributed by atoms with Crippen LogP contribution < -0.4 is 21.2 Å². The molecule has 0 spiro atoms. The number of aromatic amines is 1. The summed E-state index contributed by atoms with van der Waals surface area (Å²) in [4.78, 5) is 17.1. The van der Waals surface area contributed by atoms with E-state index in [0.29, 0.717) is 38.5 Å². The predicted molar refractivity (Wildman–Crippen MR) is 118 cm³/mol. The van der Waals surface area contributed by atoms with Gasteiger partial charge in [0.1, 0.15) is 22.3 Å². The van der Waals surface area contributed by atoms with Crippen molar-refractivity contribution >= 4 is 38.8 Å². The van der Waals surface area contributed by atoms with Crippen LogP contribution in [0.15, 0.2) is 54.6 Å². The van der Waals surface area contributed by atoms with Gasteiger partial charge in [-0.05, 0) is 24.6 Å². The second-order valence-corrected chi connectivity index (χ2v) is 7.62. The number of hydrogen-bond donors (Lipinski definition) is 2. The summed E-state index contributed by atoms with van der Waals surface area (Å²) in [6.07, 6.45) is 0. The zero-order chi connectivity index (χ0) is 21.3. The molecule has 2 aromatic carbocycles. The zero-order valence-corrected chi connectivity index (χ0v) is 17.0. The van der Waals surface area contributed by atoms with Crippen LogP contribution in [-0.2, 0) is 0 Å². The molecule has 0 aliphatic rings. The van der Waals surface area contributed by atoms with E-state index in [1.807, 2.05) is 37.3 Å². The summed E-state index contributed by atoms with van der Waals surface area (Å²) in [7, 11) is 0. The molecule has 0 aliphatic carbocycles. The molecule has 2 aromatic heterocycles. The number of fused-ring (bicyclic) bond motifs is 1. The van der Waals surface area contributed by atoms with Crippen LogP contribution in [0.4, 0.5) is 11.5 Å². The van der Waals surface area contributed by atoms with E-state index in [4.69, 9.17) is 16.2 Å². The van der Waals surface area contributed by atoms with Gasteiger partial charge < -0.3 is 10.5 Å². The van der Waals surface area contributed by atoms with E-state index in [1.54, 1.807) is 24.3 Å². The van der Waals surface area contributed by atoms with Crippen molar-refractivity contribution in [2.75, 3.05) is 18.1 Å². The van der Waals surface area contributed by atoms with Crippen molar-refractivity contribution in [3.63, 3.8) is 0 Å². The average molecular weight is 415 g/mol. The van der Waals surface area contributed by atoms with E-state index in [0.717, 1.165) is 11.3 Å². The number of nitrogen functional groups attached to an aromatic ring is 2. The number of rotatable bonds is 5. The van der Waals surface area contributed by atoms with Gasteiger partial charge in [-0.1, -0.05) is 53.8 Å². The molecule has 4 rings (SSSR count). The van der Waals surface area contributed by atoms with Gasteiger partial charge in [-0.25, -0.2) is 4.98 Å². The number of ketones is 1. The van der Waals surface area contributed by atoms with Crippen molar-refractivity contribution in [1.82, 2.24) is 0 Å². The summed E-state index contributed by atoms with van der Waals surface area (Å²) in [5.41, 5.74) is 15.1. The van der Waals surface area contributed by atoms with Crippen LogP contribution in [0.25, 0.3) is 21.3 Å². The summed E-state index contributed by atoms with van der Waals surface area (Å²) < 4.78 is 5.51. The Morgan fingerprint density at radius 1 is 1.13 bits per heavy atom. The number of benzene rings is 2. The molecule has 4 aromatic rings. The lowest BCUT2D eigenvalue weighted by atomic mass is 9.96. The molecule has 0 fully saturated rings. The van der Waals surface area contributed by atoms with Crippen molar-refractivity contribution in [2.45, 2.75) is 6.92 Å². The number of carbonyl (C=O) groups excluding carboxylic acids is 1. The van der Waals surface area contributed by atoms with Gasteiger partial charge in [0, 0.05) is 11.1 Å². The van der Waals surface area contributed by atoms with Crippen LogP contribution in [0.3, 0.4) is 0 Å². The number of nitrogens with two attached hydrogens (primary N) is 2. The minimum atomic E-state index is -0.169. The van der Waals surface area contributed by atoms with Crippen LogP contribution >= 0.6 is 11.3 Å². The van der Waals surface area contributed by atoms with E-state index >= 15 is 0 Å². The topological polar surface area (TPSA) is 116 Å². The largest absolute Gasteiger partial charge is 0.494 e. The van der Waals surface area contributed by atoms with Crippen LogP contribution in [0.2, 0.25) is 0 Å². The van der Waals surface area contributed by atoms with Crippen molar-refractivity contribution in [3.8, 4) is 22.9 Å². The fourth-order valence-corrected chi connectivity index (χ4v) is 4.50. The maximum Gasteiger partial charge on any atom is 0.290 e. The monoisotopic (exact) mass is 415 g/mol. The minimum absolute atomic E-state index is 0.169. The highest BCUT2D eigenvalue weighted by Crippen LogP contribution is 2.42. The van der Waals surface area contributed by atoms with E-state index in [-0.39, 0.29) is 17.2 Å². The number of nitrogens with zero attached hydrogens (tertiary/aromatic N) is 1. The van der Waals surface area contributed by atoms with Crippen LogP contribution in [0, 0.1) is 11.3 Å². The molecule has 7 heteroatoms. The number of thiophene rings is 1. The predicted octanol–water partition coefficient (Wildman–Crippen LogP) is 4.05. The number of pyridine rings is 1. The van der Waals surface area contributed by atoms with E-state index in [9.17, 15) is 10.1 Å². The first-order valence-electron chi connectivity index (χ1n) is 9.35. The minimum Gasteiger partial charge on any atom is -0.494 e. The molecule has 0 aliphatic heterocycles. The van der Waals surface area contributed by atoms with Gasteiger partial charge in [-0.15, -0.1) is 0 Å². The van der Waals surface area contributed by atoms with Gasteiger partial charge in [-0.3, -0.25) is 10.5 Å². The molecule has 0 radical (unpaired) electrons. The Morgan fingerprint density at radius 2 is 1.83 bits per heavy atom. The molecule has 5 N–H and O–H groups in total. The fraction of sp³-hybridized carbons (Fsp3) is 0.0870. The number of nitriles is 1. The Labute approximate surface area is 177 Å². The number of hydrogen-bond acceptors (Lipinski definition) is 6. The molecule has 0 atom stereocenters. The Kier molecular flexibility index (Phi) is 5.09. The molecule has 0 amide bonds. The van der Waals surface area contributed by atoms with E-state index in [1.165, 1.54) is 11.3 Å². The second-order valence-electron chi connectivity index (χ2n) is 6.60. The number of anilines is 2. The van der Waals surface area contributed by atoms with Gasteiger partial charge in [0.05, 0.1) is 17.7 Å². The van der Waals surface area contributed by atoms with Crippen LogP contribution in [0.5, 0.6) is 5.75 Å². The van der Waals surface area contributed by atoms with Crippen molar-refractivity contribution in [3.05, 3.63) is 70.6 Å². The van der Waals surface area contributed by atoms with Crippen LogP contribution in [-0.4, -0.2) is 12.4 Å². The Bertz CT molecular complexity index is 1290. The lowest BCUT2D eigenvalue weighted by Crippen LogP contribution is -2.13. The summed E-state index contributed by atoms with van der Waals surface area (Å²) >= 11 is 1.24. The van der Waals surface area contributed by atoms with Gasteiger partial charge in [0.15, 0.2) is 4.83 Å². The molecule has 0 saturated heterocycles. The normalized spacial score (nSPS) is 10.7. The second kappa shape index (κ2) is 7.85. The highest BCUT2D eigenvalue weighted by molar-refractivity contribution is 7.21. The third-order valence-corrected chi connectivity index (χ3v) is 5.89. The number of ether oxygens (including phenoxy) is 1. The summed E-state index contributed by atoms with van der Waals surface area (Å²) in [6.45, 7) is 2.47. The zero-order valence-electron chi connectivity index (χ0n) is 16.2. The molecule has 6 nitrogen and oxygen atoms in total. The smallest absolute Gasteiger partial charge is 0.290 e. The van der Waals surface area contributed by atoms with Crippen molar-refractivity contribution in [1.29, 1.82) is 5.26 Å². The highest BCUT2D eigenvalue weighted by atomic mass is 32.1. The maximum absolute atomic E-state index is 13.0. The maximum atomic E-state index is 13.0. The number of nitrogens with one attached hydrogen (secondary N) is 1. The fourth-order valence-electron chi connectivity index (χ4n) is 3.40. The first-order valence-corrected chi connectivity index (χ1v) is 10.2. The Balaban J connectivity index is 1.96. The molecule has 0 unspecified atom stereocenters. The molecule has 2 heterocycles. The van der Waals surface area contributed by atoms with Crippen molar-refractivity contribution < 1.29 is 14.5 Å². The summed E-state index contributed by atoms with van der Waals surface area (Å²) in [5, 5.41) is 10.4. The van der Waals surface area contributed by atoms with Crippen LogP contribution in [0.1, 0.15) is 27.7 Å². The first-order chi connectivity index (χ1) is 14.5. The van der Waals surface area contributed by atoms with Gasteiger partial charge in [0.25, 0.3) is 5.82 Å². The first kappa shape index (κ1) is 19.4. The average Bonchev–Trinajstić information content (AvgIpc) is 3.09. The SMILES string of the molecule is CCOc1ccc(-c2c(C#N)c(N)[nH+]c3sc(C(=O)c4ccccc4)c(N)c23)cc1. The highest BCUT2D eigenvalue weighted by Gasteiger charge is 2.27. The quantitative estimate of drug-likeness (QED) is 0.477. The lowest BCUT2D eigenvalue weighted by Gasteiger charge is -2.09. The third-order valence-electron chi connectivity index (χ3n) is 4.77. The molecule has 0 saturated carbocycles. The summed E-state index contributed by atoms with van der Waals surface area (Å²) in [5.74, 6) is 0.788. The van der Waals surface area contributed by atoms with Gasteiger partial charge in [0.2, 0.25) is 5.78 Å².